The lowest BCUT2D eigenvalue weighted by molar-refractivity contribution is -0.384. The van der Waals surface area contributed by atoms with Crippen LogP contribution in [0.1, 0.15) is 5.56 Å². The highest BCUT2D eigenvalue weighted by Crippen LogP contribution is 2.37. The zero-order chi connectivity index (χ0) is 21.2. The van der Waals surface area contributed by atoms with E-state index in [4.69, 9.17) is 16.3 Å². The fourth-order valence-corrected chi connectivity index (χ4v) is 3.67. The molecule has 1 amide bonds. The normalized spacial score (nSPS) is 16.2. The van der Waals surface area contributed by atoms with E-state index in [-0.39, 0.29) is 23.7 Å². The summed E-state index contributed by atoms with van der Waals surface area (Å²) in [7, 11) is -3.68. The van der Waals surface area contributed by atoms with E-state index in [0.717, 1.165) is 10.6 Å². The number of nitro benzene ring substituents is 1. The lowest BCUT2D eigenvalue weighted by Gasteiger charge is -2.33. The van der Waals surface area contributed by atoms with Crippen molar-refractivity contribution in [2.75, 3.05) is 17.1 Å². The third-order valence-electron chi connectivity index (χ3n) is 3.98. The first-order chi connectivity index (χ1) is 13.6. The Morgan fingerprint density at radius 1 is 1.34 bits per heavy atom. The molecule has 0 unspecified atom stereocenters. The number of halogens is 1. The third kappa shape index (κ3) is 4.81. The van der Waals surface area contributed by atoms with Crippen molar-refractivity contribution in [2.24, 2.45) is 5.10 Å². The van der Waals surface area contributed by atoms with Crippen molar-refractivity contribution in [3.05, 3.63) is 63.2 Å². The highest BCUT2D eigenvalue weighted by atomic mass is 35.5. The summed E-state index contributed by atoms with van der Waals surface area (Å²) in [4.78, 5) is 22.5. The number of fused-ring (bicyclic) bond motifs is 1. The van der Waals surface area contributed by atoms with Gasteiger partial charge in [0.2, 0.25) is 10.0 Å². The fourth-order valence-electron chi connectivity index (χ4n) is 2.60. The van der Waals surface area contributed by atoms with Gasteiger partial charge in [0.15, 0.2) is 6.10 Å². The second-order valence-electron chi connectivity index (χ2n) is 6.10. The summed E-state index contributed by atoms with van der Waals surface area (Å²) in [6, 6.07) is 9.99. The van der Waals surface area contributed by atoms with Crippen LogP contribution in [-0.2, 0) is 14.8 Å². The van der Waals surface area contributed by atoms with Gasteiger partial charge in [0.1, 0.15) is 5.75 Å². The molecule has 1 N–H and O–H groups in total. The first kappa shape index (κ1) is 20.6. The maximum Gasteiger partial charge on any atom is 0.283 e. The second-order valence-corrected chi connectivity index (χ2v) is 8.44. The number of carbonyl (C=O) groups excluding carboxylic acids is 1. The van der Waals surface area contributed by atoms with Gasteiger partial charge >= 0.3 is 0 Å². The van der Waals surface area contributed by atoms with Crippen LogP contribution in [0.3, 0.4) is 0 Å². The Labute approximate surface area is 170 Å². The smallest absolute Gasteiger partial charge is 0.283 e. The van der Waals surface area contributed by atoms with E-state index in [1.807, 2.05) is 0 Å². The number of amides is 1. The number of hydrazone groups is 1. The van der Waals surface area contributed by atoms with Gasteiger partial charge in [-0.05, 0) is 35.9 Å². The van der Waals surface area contributed by atoms with Crippen LogP contribution in [-0.4, -0.2) is 44.4 Å². The minimum atomic E-state index is -3.68. The number of hydrogen-bond acceptors (Lipinski definition) is 7. The molecule has 0 saturated carbocycles. The van der Waals surface area contributed by atoms with Crippen LogP contribution in [0, 0.1) is 10.1 Å². The quantitative estimate of drug-likeness (QED) is 0.431. The summed E-state index contributed by atoms with van der Waals surface area (Å²) < 4.78 is 30.9. The number of nitro groups is 1. The number of hydrogen-bond donors (Lipinski definition) is 1. The van der Waals surface area contributed by atoms with E-state index < -0.39 is 27.0 Å². The Balaban J connectivity index is 1.72. The number of sulfonamides is 1. The average molecular weight is 439 g/mol. The molecule has 2 aromatic rings. The van der Waals surface area contributed by atoms with E-state index in [1.165, 1.54) is 48.7 Å². The minimum absolute atomic E-state index is 0.0681. The first-order valence-electron chi connectivity index (χ1n) is 8.16. The molecule has 2 aromatic carbocycles. The highest BCUT2D eigenvalue weighted by molar-refractivity contribution is 7.92. The van der Waals surface area contributed by atoms with Gasteiger partial charge in [-0.15, -0.1) is 0 Å². The van der Waals surface area contributed by atoms with Crippen LogP contribution in [0.5, 0.6) is 5.75 Å². The average Bonchev–Trinajstić information content (AvgIpc) is 2.66. The minimum Gasteiger partial charge on any atom is -0.476 e. The molecule has 0 saturated heterocycles. The highest BCUT2D eigenvalue weighted by Gasteiger charge is 2.35. The number of rotatable bonds is 5. The lowest BCUT2D eigenvalue weighted by atomic mass is 10.2. The van der Waals surface area contributed by atoms with Crippen LogP contribution < -0.4 is 14.5 Å². The summed E-state index contributed by atoms with van der Waals surface area (Å²) in [5.74, 6) is -0.456. The van der Waals surface area contributed by atoms with Gasteiger partial charge in [0, 0.05) is 17.2 Å². The Morgan fingerprint density at radius 3 is 2.66 bits per heavy atom. The Hall–Kier alpha value is -3.18. The largest absolute Gasteiger partial charge is 0.476 e. The molecule has 0 aromatic heterocycles. The van der Waals surface area contributed by atoms with Crippen LogP contribution in [0.2, 0.25) is 5.02 Å². The summed E-state index contributed by atoms with van der Waals surface area (Å²) in [6.07, 6.45) is 1.18. The molecule has 3 rings (SSSR count). The Bertz CT molecular complexity index is 1090. The van der Waals surface area contributed by atoms with E-state index >= 15 is 0 Å². The zero-order valence-corrected chi connectivity index (χ0v) is 16.6. The van der Waals surface area contributed by atoms with E-state index in [2.05, 4.69) is 10.5 Å². The van der Waals surface area contributed by atoms with E-state index in [0.29, 0.717) is 10.6 Å². The van der Waals surface area contributed by atoms with E-state index in [9.17, 15) is 23.3 Å². The molecule has 1 aliphatic rings. The van der Waals surface area contributed by atoms with Crippen molar-refractivity contribution >= 4 is 45.1 Å². The van der Waals surface area contributed by atoms with Gasteiger partial charge in [-0.2, -0.15) is 5.10 Å². The third-order valence-corrected chi connectivity index (χ3v) is 5.36. The molecule has 152 valence electrons. The van der Waals surface area contributed by atoms with Gasteiger partial charge < -0.3 is 4.74 Å². The maximum atomic E-state index is 12.4. The first-order valence-corrected chi connectivity index (χ1v) is 10.4. The number of benzene rings is 2. The van der Waals surface area contributed by atoms with Crippen molar-refractivity contribution in [1.82, 2.24) is 5.43 Å². The molecule has 0 bridgehead atoms. The summed E-state index contributed by atoms with van der Waals surface area (Å²) in [6.45, 7) is -0.245. The number of ether oxygens (including phenoxy) is 1. The van der Waals surface area contributed by atoms with Crippen molar-refractivity contribution in [3.8, 4) is 5.75 Å². The summed E-state index contributed by atoms with van der Waals surface area (Å²) in [5.41, 5.74) is 2.98. The van der Waals surface area contributed by atoms with Gasteiger partial charge in [0.05, 0.1) is 29.6 Å². The maximum absolute atomic E-state index is 12.4. The molecule has 12 heteroatoms. The second kappa shape index (κ2) is 8.05. The predicted octanol–water partition coefficient (Wildman–Crippen LogP) is 1.93. The Morgan fingerprint density at radius 2 is 2.03 bits per heavy atom. The summed E-state index contributed by atoms with van der Waals surface area (Å²) >= 11 is 5.93. The molecule has 0 radical (unpaired) electrons. The van der Waals surface area contributed by atoms with Gasteiger partial charge in [-0.25, -0.2) is 13.8 Å². The van der Waals surface area contributed by atoms with Crippen LogP contribution in [0.15, 0.2) is 47.6 Å². The molecular weight excluding hydrogens is 424 g/mol. The monoisotopic (exact) mass is 438 g/mol. The standard InChI is InChI=1S/C17H15ClN4O6S/c1-29(26,27)21-10-16(28-15-7-4-12(18)8-14(15)21)17(23)20-19-9-11-2-5-13(6-3-11)22(24)25/h2-9,16H,10H2,1H3,(H,20,23)/b19-9-/t16-/m0/s1. The van der Waals surface area contributed by atoms with Crippen LogP contribution in [0.25, 0.3) is 0 Å². The molecular formula is C17H15ClN4O6S. The van der Waals surface area contributed by atoms with Gasteiger partial charge in [-0.3, -0.25) is 19.2 Å². The molecule has 0 aliphatic carbocycles. The number of anilines is 1. The molecule has 0 fully saturated rings. The topological polar surface area (TPSA) is 131 Å². The molecule has 10 nitrogen and oxygen atoms in total. The van der Waals surface area contributed by atoms with Crippen molar-refractivity contribution in [3.63, 3.8) is 0 Å². The number of non-ortho nitro benzene ring substituents is 1. The summed E-state index contributed by atoms with van der Waals surface area (Å²) in [5, 5.41) is 14.8. The zero-order valence-electron chi connectivity index (χ0n) is 15.0. The van der Waals surface area contributed by atoms with Gasteiger partial charge in [-0.1, -0.05) is 11.6 Å². The molecule has 29 heavy (non-hydrogen) atoms. The molecule has 1 aliphatic heterocycles. The van der Waals surface area contributed by atoms with Gasteiger partial charge in [0.25, 0.3) is 11.6 Å². The SMILES string of the molecule is CS(=O)(=O)N1C[C@@H](C(=O)N/N=C\c2ccc([N+](=O)[O-])cc2)Oc2ccc(Cl)cc21. The number of carbonyl (C=O) groups is 1. The fraction of sp³-hybridized carbons (Fsp3) is 0.176. The lowest BCUT2D eigenvalue weighted by Crippen LogP contribution is -2.49. The van der Waals surface area contributed by atoms with Crippen LogP contribution >= 0.6 is 11.6 Å². The van der Waals surface area contributed by atoms with Crippen molar-refractivity contribution in [2.45, 2.75) is 6.10 Å². The van der Waals surface area contributed by atoms with E-state index in [1.54, 1.807) is 0 Å². The number of nitrogens with zero attached hydrogens (tertiary/aromatic N) is 3. The molecule has 1 heterocycles. The Kier molecular flexibility index (Phi) is 5.71. The van der Waals surface area contributed by atoms with Crippen molar-refractivity contribution < 1.29 is 22.9 Å². The number of nitrogens with one attached hydrogen (secondary N) is 1. The molecule has 1 atom stereocenters. The molecule has 0 spiro atoms. The van der Waals surface area contributed by atoms with Crippen LogP contribution in [0.4, 0.5) is 11.4 Å². The predicted molar refractivity (Wildman–Crippen MR) is 107 cm³/mol. The van der Waals surface area contributed by atoms with Crippen molar-refractivity contribution in [1.29, 1.82) is 0 Å².